The van der Waals surface area contributed by atoms with E-state index in [0.717, 1.165) is 38.1 Å². The Labute approximate surface area is 115 Å². The molecule has 0 spiro atoms. The van der Waals surface area contributed by atoms with Crippen molar-refractivity contribution in [2.75, 3.05) is 14.2 Å². The van der Waals surface area contributed by atoms with Crippen molar-refractivity contribution in [1.82, 2.24) is 0 Å². The molecule has 0 saturated carbocycles. The molecule has 0 aromatic carbocycles. The van der Waals surface area contributed by atoms with Crippen LogP contribution >= 0.6 is 0 Å². The van der Waals surface area contributed by atoms with Crippen LogP contribution in [0.1, 0.15) is 51.4 Å². The molecule has 0 aliphatic heterocycles. The van der Waals surface area contributed by atoms with Gasteiger partial charge in [0, 0.05) is 20.6 Å². The van der Waals surface area contributed by atoms with Crippen molar-refractivity contribution in [1.29, 1.82) is 0 Å². The van der Waals surface area contributed by atoms with Crippen molar-refractivity contribution in [2.45, 2.75) is 70.1 Å². The molecule has 0 saturated heterocycles. The van der Waals surface area contributed by atoms with E-state index in [9.17, 15) is 13.2 Å². The summed E-state index contributed by atoms with van der Waals surface area (Å²) in [5.41, 5.74) is 0. The van der Waals surface area contributed by atoms with Gasteiger partial charge in [0.05, 0.1) is 0 Å². The van der Waals surface area contributed by atoms with Crippen LogP contribution in [0.5, 0.6) is 0 Å². The van der Waals surface area contributed by atoms with E-state index >= 15 is 0 Å². The van der Waals surface area contributed by atoms with Gasteiger partial charge in [0.2, 0.25) is 0 Å². The highest BCUT2D eigenvalue weighted by atomic mass is 28.4. The third kappa shape index (κ3) is 11.5. The molecule has 0 atom stereocenters. The molecule has 0 heterocycles. The van der Waals surface area contributed by atoms with Crippen molar-refractivity contribution in [2.24, 2.45) is 0 Å². The fourth-order valence-corrected chi connectivity index (χ4v) is 3.41. The van der Waals surface area contributed by atoms with Crippen LogP contribution in [0.2, 0.25) is 12.6 Å². The summed E-state index contributed by atoms with van der Waals surface area (Å²) < 4.78 is 46.4. The molecule has 0 unspecified atom stereocenters. The third-order valence-electron chi connectivity index (χ3n) is 3.45. The van der Waals surface area contributed by atoms with Gasteiger partial charge in [-0.2, -0.15) is 13.2 Å². The summed E-state index contributed by atoms with van der Waals surface area (Å²) in [5.74, 6) is 0. The van der Waals surface area contributed by atoms with Gasteiger partial charge in [-0.25, -0.2) is 0 Å². The number of alkyl halides is 3. The summed E-state index contributed by atoms with van der Waals surface area (Å²) >= 11 is 0. The number of halogens is 3. The molecule has 6 heteroatoms. The van der Waals surface area contributed by atoms with Gasteiger partial charge in [-0.3, -0.25) is 0 Å². The number of hydrogen-bond donors (Lipinski definition) is 0. The molecule has 0 radical (unpaired) electrons. The highest BCUT2D eigenvalue weighted by Crippen LogP contribution is 2.23. The molecule has 0 N–H and O–H groups in total. The second-order valence-electron chi connectivity index (χ2n) is 5.13. The molecule has 0 aliphatic rings. The maximum Gasteiger partial charge on any atom is 0.389 e. The lowest BCUT2D eigenvalue weighted by atomic mass is 10.1. The molecule has 0 fully saturated rings. The van der Waals surface area contributed by atoms with Crippen LogP contribution in [-0.2, 0) is 8.85 Å². The average molecular weight is 300 g/mol. The Hall–Kier alpha value is -0.0731. The minimum atomic E-state index is -3.99. The topological polar surface area (TPSA) is 18.5 Å². The molecule has 19 heavy (non-hydrogen) atoms. The predicted molar refractivity (Wildman–Crippen MR) is 73.4 cm³/mol. The molecular weight excluding hydrogens is 273 g/mol. The first-order chi connectivity index (χ1) is 8.83. The second-order valence-corrected chi connectivity index (χ2v) is 8.72. The number of rotatable bonds is 11. The molecule has 116 valence electrons. The Bertz CT molecular complexity index is 218. The van der Waals surface area contributed by atoms with Gasteiger partial charge >= 0.3 is 14.7 Å². The van der Waals surface area contributed by atoms with Gasteiger partial charge in [-0.15, -0.1) is 0 Å². The second kappa shape index (κ2) is 9.77. The van der Waals surface area contributed by atoms with Crippen molar-refractivity contribution >= 4 is 8.56 Å². The summed E-state index contributed by atoms with van der Waals surface area (Å²) in [7, 11) is 1.46. The largest absolute Gasteiger partial charge is 0.398 e. The molecule has 0 amide bonds. The Morgan fingerprint density at radius 3 is 1.63 bits per heavy atom. The average Bonchev–Trinajstić information content (AvgIpc) is 2.35. The zero-order valence-electron chi connectivity index (χ0n) is 12.3. The smallest absolute Gasteiger partial charge is 0.389 e. The van der Waals surface area contributed by atoms with Gasteiger partial charge in [0.15, 0.2) is 0 Å². The normalized spacial score (nSPS) is 12.9. The van der Waals surface area contributed by atoms with Crippen LogP contribution in [0.15, 0.2) is 0 Å². The minimum absolute atomic E-state index is 0.266. The monoisotopic (exact) mass is 300 g/mol. The maximum atomic E-state index is 11.9. The summed E-state index contributed by atoms with van der Waals surface area (Å²) in [4.78, 5) is 0. The fourth-order valence-electron chi connectivity index (χ4n) is 1.94. The molecule has 0 bridgehead atoms. The van der Waals surface area contributed by atoms with E-state index in [1.165, 1.54) is 0 Å². The SMILES string of the molecule is CO[Si](C)(CCCCCCCCCC(F)(F)F)OC. The van der Waals surface area contributed by atoms with Crippen molar-refractivity contribution in [3.8, 4) is 0 Å². The maximum absolute atomic E-state index is 11.9. The van der Waals surface area contributed by atoms with Gasteiger partial charge in [0.25, 0.3) is 0 Å². The predicted octanol–water partition coefficient (Wildman–Crippen LogP) is 5.03. The van der Waals surface area contributed by atoms with E-state index in [-0.39, 0.29) is 6.42 Å². The van der Waals surface area contributed by atoms with Gasteiger partial charge < -0.3 is 8.85 Å². The van der Waals surface area contributed by atoms with Crippen LogP contribution in [0.3, 0.4) is 0 Å². The first kappa shape index (κ1) is 18.9. The molecule has 0 aromatic rings. The van der Waals surface area contributed by atoms with Crippen LogP contribution in [0, 0.1) is 0 Å². The fraction of sp³-hybridized carbons (Fsp3) is 1.00. The zero-order valence-corrected chi connectivity index (χ0v) is 13.3. The van der Waals surface area contributed by atoms with E-state index in [4.69, 9.17) is 8.85 Å². The summed E-state index contributed by atoms with van der Waals surface area (Å²) in [6.45, 7) is 2.05. The molecule has 0 aliphatic carbocycles. The van der Waals surface area contributed by atoms with Crippen LogP contribution in [0.4, 0.5) is 13.2 Å². The third-order valence-corrected chi connectivity index (χ3v) is 6.44. The van der Waals surface area contributed by atoms with Crippen molar-refractivity contribution in [3.05, 3.63) is 0 Å². The lowest BCUT2D eigenvalue weighted by molar-refractivity contribution is -0.135. The Morgan fingerprint density at radius 1 is 0.789 bits per heavy atom. The quantitative estimate of drug-likeness (QED) is 0.393. The molecular formula is C13H27F3O2Si. The van der Waals surface area contributed by atoms with Crippen molar-refractivity contribution in [3.63, 3.8) is 0 Å². The number of hydrogen-bond acceptors (Lipinski definition) is 2. The van der Waals surface area contributed by atoms with Gasteiger partial charge in [-0.05, 0) is 19.0 Å². The van der Waals surface area contributed by atoms with E-state index in [2.05, 4.69) is 0 Å². The Balaban J connectivity index is 3.32. The first-order valence-electron chi connectivity index (χ1n) is 7.00. The minimum Gasteiger partial charge on any atom is -0.398 e. The van der Waals surface area contributed by atoms with Gasteiger partial charge in [0.1, 0.15) is 0 Å². The zero-order chi connectivity index (χ0) is 14.8. The van der Waals surface area contributed by atoms with Gasteiger partial charge in [-0.1, -0.05) is 38.5 Å². The van der Waals surface area contributed by atoms with E-state index in [1.807, 2.05) is 6.55 Å². The number of unbranched alkanes of at least 4 members (excludes halogenated alkanes) is 6. The van der Waals surface area contributed by atoms with Crippen LogP contribution in [0.25, 0.3) is 0 Å². The first-order valence-corrected chi connectivity index (χ1v) is 9.52. The van der Waals surface area contributed by atoms with E-state index < -0.39 is 21.2 Å². The molecule has 0 rings (SSSR count). The molecule has 2 nitrogen and oxygen atoms in total. The van der Waals surface area contributed by atoms with Crippen LogP contribution < -0.4 is 0 Å². The Morgan fingerprint density at radius 2 is 1.21 bits per heavy atom. The standard InChI is InChI=1S/C13H27F3O2Si/c1-17-19(3,18-2)12-10-8-6-4-5-7-9-11-13(14,15)16/h4-12H2,1-3H3. The van der Waals surface area contributed by atoms with Crippen LogP contribution in [-0.4, -0.2) is 29.0 Å². The lowest BCUT2D eigenvalue weighted by Crippen LogP contribution is -2.35. The van der Waals surface area contributed by atoms with Crippen molar-refractivity contribution < 1.29 is 22.0 Å². The highest BCUT2D eigenvalue weighted by Gasteiger charge is 2.27. The van der Waals surface area contributed by atoms with E-state index in [1.54, 1.807) is 14.2 Å². The summed E-state index contributed by atoms with van der Waals surface area (Å²) in [6.07, 6.45) is 1.51. The molecule has 0 aromatic heterocycles. The lowest BCUT2D eigenvalue weighted by Gasteiger charge is -2.22. The Kier molecular flexibility index (Phi) is 9.73. The summed E-state index contributed by atoms with van der Waals surface area (Å²) in [5, 5.41) is 0. The summed E-state index contributed by atoms with van der Waals surface area (Å²) in [6, 6.07) is 0.980. The highest BCUT2D eigenvalue weighted by molar-refractivity contribution is 6.65. The van der Waals surface area contributed by atoms with E-state index in [0.29, 0.717) is 6.42 Å².